The largest absolute Gasteiger partial charge is 0.496 e. The van der Waals surface area contributed by atoms with E-state index in [1.54, 1.807) is 19.2 Å². The van der Waals surface area contributed by atoms with Crippen molar-refractivity contribution in [3.63, 3.8) is 0 Å². The SMILES string of the molecule is COC(=O)CCCNC(=O)CSc1ccc(N)cc1OC. The number of nitrogen functional groups attached to an aromatic ring is 1. The Morgan fingerprint density at radius 2 is 2.10 bits per heavy atom. The van der Waals surface area contributed by atoms with Crippen molar-refractivity contribution >= 4 is 29.3 Å². The van der Waals surface area contributed by atoms with Crippen molar-refractivity contribution in [1.29, 1.82) is 0 Å². The van der Waals surface area contributed by atoms with Gasteiger partial charge in [0, 0.05) is 29.6 Å². The predicted molar refractivity (Wildman–Crippen MR) is 82.4 cm³/mol. The van der Waals surface area contributed by atoms with Gasteiger partial charge in [-0.05, 0) is 18.6 Å². The number of carbonyl (C=O) groups is 2. The molecule has 0 aliphatic rings. The van der Waals surface area contributed by atoms with E-state index in [1.807, 2.05) is 6.07 Å². The number of nitrogens with one attached hydrogen (secondary N) is 1. The first-order valence-corrected chi connectivity index (χ1v) is 7.45. The number of ether oxygens (including phenoxy) is 2. The summed E-state index contributed by atoms with van der Waals surface area (Å²) in [5, 5.41) is 2.75. The number of hydrogen-bond donors (Lipinski definition) is 2. The van der Waals surface area contributed by atoms with Crippen LogP contribution in [-0.4, -0.2) is 38.4 Å². The Labute approximate surface area is 128 Å². The first-order chi connectivity index (χ1) is 10.1. The summed E-state index contributed by atoms with van der Waals surface area (Å²) in [6.07, 6.45) is 0.865. The molecule has 0 heterocycles. The molecule has 0 unspecified atom stereocenters. The van der Waals surface area contributed by atoms with Gasteiger partial charge >= 0.3 is 5.97 Å². The zero-order chi connectivity index (χ0) is 15.7. The highest BCUT2D eigenvalue weighted by atomic mass is 32.2. The van der Waals surface area contributed by atoms with Crippen molar-refractivity contribution in [2.45, 2.75) is 17.7 Å². The van der Waals surface area contributed by atoms with E-state index in [0.29, 0.717) is 30.8 Å². The highest BCUT2D eigenvalue weighted by Crippen LogP contribution is 2.30. The highest BCUT2D eigenvalue weighted by molar-refractivity contribution is 8.00. The number of rotatable bonds is 8. The van der Waals surface area contributed by atoms with Crippen LogP contribution in [0, 0.1) is 0 Å². The average Bonchev–Trinajstić information content (AvgIpc) is 2.49. The molecule has 0 saturated heterocycles. The van der Waals surface area contributed by atoms with Gasteiger partial charge in [0.25, 0.3) is 0 Å². The molecule has 21 heavy (non-hydrogen) atoms. The molecule has 6 nitrogen and oxygen atoms in total. The van der Waals surface area contributed by atoms with Crippen LogP contribution in [0.4, 0.5) is 5.69 Å². The van der Waals surface area contributed by atoms with Gasteiger partial charge in [0.1, 0.15) is 5.75 Å². The standard InChI is InChI=1S/C14H20N2O4S/c1-19-11-8-10(15)5-6-12(11)21-9-13(17)16-7-3-4-14(18)20-2/h5-6,8H,3-4,7,9,15H2,1-2H3,(H,16,17). The molecule has 0 aliphatic heterocycles. The first-order valence-electron chi connectivity index (χ1n) is 6.46. The number of thioether (sulfide) groups is 1. The van der Waals surface area contributed by atoms with Gasteiger partial charge in [0.15, 0.2) is 0 Å². The summed E-state index contributed by atoms with van der Waals surface area (Å²) in [5.41, 5.74) is 6.28. The third-order valence-corrected chi connectivity index (χ3v) is 3.71. The van der Waals surface area contributed by atoms with E-state index >= 15 is 0 Å². The molecule has 0 saturated carbocycles. The average molecular weight is 312 g/mol. The van der Waals surface area contributed by atoms with Crippen molar-refractivity contribution in [2.24, 2.45) is 0 Å². The van der Waals surface area contributed by atoms with E-state index in [4.69, 9.17) is 10.5 Å². The number of hydrogen-bond acceptors (Lipinski definition) is 6. The lowest BCUT2D eigenvalue weighted by Crippen LogP contribution is -2.26. The summed E-state index contributed by atoms with van der Waals surface area (Å²) in [5.74, 6) is 0.561. The van der Waals surface area contributed by atoms with Crippen LogP contribution in [0.25, 0.3) is 0 Å². The molecule has 7 heteroatoms. The van der Waals surface area contributed by atoms with E-state index in [1.165, 1.54) is 18.9 Å². The molecule has 116 valence electrons. The Bertz CT molecular complexity index is 494. The second-order valence-corrected chi connectivity index (χ2v) is 5.25. The summed E-state index contributed by atoms with van der Waals surface area (Å²) in [6.45, 7) is 0.452. The van der Waals surface area contributed by atoms with Crippen LogP contribution in [0.15, 0.2) is 23.1 Å². The summed E-state index contributed by atoms with van der Waals surface area (Å²) in [4.78, 5) is 23.4. The number of benzene rings is 1. The summed E-state index contributed by atoms with van der Waals surface area (Å²) < 4.78 is 9.73. The van der Waals surface area contributed by atoms with Gasteiger partial charge in [-0.25, -0.2) is 0 Å². The van der Waals surface area contributed by atoms with Crippen molar-refractivity contribution in [3.05, 3.63) is 18.2 Å². The smallest absolute Gasteiger partial charge is 0.305 e. The minimum Gasteiger partial charge on any atom is -0.496 e. The second-order valence-electron chi connectivity index (χ2n) is 4.23. The molecule has 0 radical (unpaired) electrons. The van der Waals surface area contributed by atoms with E-state index in [-0.39, 0.29) is 17.6 Å². The fourth-order valence-electron chi connectivity index (χ4n) is 1.56. The van der Waals surface area contributed by atoms with E-state index in [0.717, 1.165) is 4.90 Å². The molecular formula is C14H20N2O4S. The first kappa shape index (κ1) is 17.2. The number of nitrogens with two attached hydrogens (primary N) is 1. The van der Waals surface area contributed by atoms with Crippen LogP contribution in [-0.2, 0) is 14.3 Å². The van der Waals surface area contributed by atoms with Crippen molar-refractivity contribution < 1.29 is 19.1 Å². The lowest BCUT2D eigenvalue weighted by atomic mass is 10.3. The maximum atomic E-state index is 11.7. The summed E-state index contributed by atoms with van der Waals surface area (Å²) >= 11 is 1.37. The second kappa shape index (κ2) is 9.12. The molecule has 0 fully saturated rings. The van der Waals surface area contributed by atoms with Crippen molar-refractivity contribution in [1.82, 2.24) is 5.32 Å². The Morgan fingerprint density at radius 1 is 1.33 bits per heavy atom. The predicted octanol–water partition coefficient (Wildman–Crippen LogP) is 1.44. The van der Waals surface area contributed by atoms with Gasteiger partial charge in [-0.15, -0.1) is 11.8 Å². The minimum atomic E-state index is -0.273. The molecule has 1 aromatic rings. The molecular weight excluding hydrogens is 292 g/mol. The van der Waals surface area contributed by atoms with Gasteiger partial charge in [0.05, 0.1) is 20.0 Å². The third-order valence-electron chi connectivity index (χ3n) is 2.65. The number of methoxy groups -OCH3 is 2. The zero-order valence-corrected chi connectivity index (χ0v) is 13.0. The number of anilines is 1. The Kier molecular flexibility index (Phi) is 7.45. The molecule has 1 amide bonds. The quantitative estimate of drug-likeness (QED) is 0.327. The monoisotopic (exact) mass is 312 g/mol. The minimum absolute atomic E-state index is 0.0938. The summed E-state index contributed by atoms with van der Waals surface area (Å²) in [6, 6.07) is 5.30. The van der Waals surface area contributed by atoms with E-state index in [2.05, 4.69) is 10.1 Å². The van der Waals surface area contributed by atoms with Crippen LogP contribution < -0.4 is 15.8 Å². The van der Waals surface area contributed by atoms with E-state index < -0.39 is 0 Å². The molecule has 0 spiro atoms. The number of esters is 1. The maximum Gasteiger partial charge on any atom is 0.305 e. The molecule has 0 bridgehead atoms. The summed E-state index contributed by atoms with van der Waals surface area (Å²) in [7, 11) is 2.91. The molecule has 0 aromatic heterocycles. The normalized spacial score (nSPS) is 10.0. The van der Waals surface area contributed by atoms with Crippen LogP contribution in [0.3, 0.4) is 0 Å². The van der Waals surface area contributed by atoms with Crippen LogP contribution >= 0.6 is 11.8 Å². The Morgan fingerprint density at radius 3 is 2.76 bits per heavy atom. The van der Waals surface area contributed by atoms with Gasteiger partial charge in [0.2, 0.25) is 5.91 Å². The molecule has 0 aliphatic carbocycles. The number of amides is 1. The Hall–Kier alpha value is -1.89. The van der Waals surface area contributed by atoms with Gasteiger partial charge in [-0.2, -0.15) is 0 Å². The van der Waals surface area contributed by atoms with Crippen molar-refractivity contribution in [3.8, 4) is 5.75 Å². The number of carbonyl (C=O) groups excluding carboxylic acids is 2. The third kappa shape index (κ3) is 6.40. The zero-order valence-electron chi connectivity index (χ0n) is 12.2. The lowest BCUT2D eigenvalue weighted by Gasteiger charge is -2.09. The van der Waals surface area contributed by atoms with Gasteiger partial charge in [-0.3, -0.25) is 9.59 Å². The molecule has 1 rings (SSSR count). The fourth-order valence-corrected chi connectivity index (χ4v) is 2.40. The molecule has 3 N–H and O–H groups in total. The molecule has 0 atom stereocenters. The van der Waals surface area contributed by atoms with Crippen LogP contribution in [0.2, 0.25) is 0 Å². The fraction of sp³-hybridized carbons (Fsp3) is 0.429. The van der Waals surface area contributed by atoms with Gasteiger partial charge in [-0.1, -0.05) is 0 Å². The van der Waals surface area contributed by atoms with Crippen LogP contribution in [0.1, 0.15) is 12.8 Å². The van der Waals surface area contributed by atoms with Crippen molar-refractivity contribution in [2.75, 3.05) is 32.3 Å². The van der Waals surface area contributed by atoms with Gasteiger partial charge < -0.3 is 20.5 Å². The lowest BCUT2D eigenvalue weighted by molar-refractivity contribution is -0.140. The Balaban J connectivity index is 2.31. The maximum absolute atomic E-state index is 11.7. The molecule has 1 aromatic carbocycles. The highest BCUT2D eigenvalue weighted by Gasteiger charge is 2.08. The topological polar surface area (TPSA) is 90.7 Å². The van der Waals surface area contributed by atoms with E-state index in [9.17, 15) is 9.59 Å². The van der Waals surface area contributed by atoms with Crippen LogP contribution in [0.5, 0.6) is 5.75 Å².